The van der Waals surface area contributed by atoms with Gasteiger partial charge in [0.15, 0.2) is 0 Å². The first kappa shape index (κ1) is 14.9. The summed E-state index contributed by atoms with van der Waals surface area (Å²) < 4.78 is 0. The highest BCUT2D eigenvalue weighted by Crippen LogP contribution is 2.40. The number of benzene rings is 3. The fourth-order valence-corrected chi connectivity index (χ4v) is 4.26. The van der Waals surface area contributed by atoms with Crippen LogP contribution >= 0.6 is 39.1 Å². The summed E-state index contributed by atoms with van der Waals surface area (Å²) >= 11 is 16.2. The quantitative estimate of drug-likeness (QED) is 0.423. The number of hydrogen-bond acceptors (Lipinski definition) is 0. The molecule has 0 saturated carbocycles. The lowest BCUT2D eigenvalue weighted by Gasteiger charge is -2.18. The third-order valence-corrected chi connectivity index (χ3v) is 5.19. The molecule has 3 heteroatoms. The molecule has 0 aromatic heterocycles. The van der Waals surface area contributed by atoms with Crippen molar-refractivity contribution >= 4 is 49.9 Å². The fourth-order valence-electron chi connectivity index (χ4n) is 2.60. The highest BCUT2D eigenvalue weighted by Gasteiger charge is 2.18. The molecule has 0 saturated heterocycles. The van der Waals surface area contributed by atoms with Crippen molar-refractivity contribution in [3.8, 4) is 0 Å². The number of alkyl halides is 1. The van der Waals surface area contributed by atoms with E-state index in [4.69, 9.17) is 23.2 Å². The number of hydrogen-bond donors (Lipinski definition) is 0. The van der Waals surface area contributed by atoms with Gasteiger partial charge < -0.3 is 0 Å². The molecule has 0 nitrogen and oxygen atoms in total. The summed E-state index contributed by atoms with van der Waals surface area (Å²) in [6.45, 7) is 2.12. The molecular weight excluding hydrogens is 367 g/mol. The van der Waals surface area contributed by atoms with Crippen molar-refractivity contribution in [3.05, 3.63) is 81.3 Å². The Kier molecular flexibility index (Phi) is 4.26. The second-order valence-electron chi connectivity index (χ2n) is 5.05. The molecule has 3 aromatic rings. The molecular formula is C18H13BrCl2. The van der Waals surface area contributed by atoms with Crippen LogP contribution in [-0.2, 0) is 0 Å². The lowest BCUT2D eigenvalue weighted by atomic mass is 9.94. The van der Waals surface area contributed by atoms with Gasteiger partial charge in [-0.3, -0.25) is 0 Å². The Morgan fingerprint density at radius 3 is 2.48 bits per heavy atom. The second kappa shape index (κ2) is 6.00. The molecule has 0 heterocycles. The Labute approximate surface area is 142 Å². The molecule has 21 heavy (non-hydrogen) atoms. The van der Waals surface area contributed by atoms with Gasteiger partial charge in [-0.1, -0.05) is 81.6 Å². The van der Waals surface area contributed by atoms with Crippen LogP contribution in [0, 0.1) is 6.92 Å². The summed E-state index contributed by atoms with van der Waals surface area (Å²) in [7, 11) is 0. The maximum Gasteiger partial charge on any atom is 0.0667 e. The zero-order valence-electron chi connectivity index (χ0n) is 11.4. The molecule has 3 rings (SSSR count). The van der Waals surface area contributed by atoms with Crippen LogP contribution in [0.3, 0.4) is 0 Å². The van der Waals surface area contributed by atoms with Gasteiger partial charge >= 0.3 is 0 Å². The van der Waals surface area contributed by atoms with Crippen LogP contribution < -0.4 is 0 Å². The minimum Gasteiger partial charge on any atom is -0.0843 e. The van der Waals surface area contributed by atoms with Gasteiger partial charge in [-0.15, -0.1) is 0 Å². The summed E-state index contributed by atoms with van der Waals surface area (Å²) in [5, 5.41) is 3.80. The zero-order chi connectivity index (χ0) is 15.0. The number of halogens is 3. The van der Waals surface area contributed by atoms with Gasteiger partial charge in [0, 0.05) is 10.0 Å². The maximum atomic E-state index is 6.36. The topological polar surface area (TPSA) is 0 Å². The molecule has 0 amide bonds. The van der Waals surface area contributed by atoms with E-state index in [0.29, 0.717) is 10.0 Å². The van der Waals surface area contributed by atoms with E-state index in [0.717, 1.165) is 5.56 Å². The number of fused-ring (bicyclic) bond motifs is 1. The standard InChI is InChI=1S/C18H13BrCl2/c1-11-6-7-12-4-2-3-5-14(12)17(11)18(19)15-9-8-13(20)10-16(15)21/h2-10,18H,1H3. The van der Waals surface area contributed by atoms with Gasteiger partial charge in [-0.05, 0) is 46.5 Å². The minimum absolute atomic E-state index is 0.0355. The SMILES string of the molecule is Cc1ccc2ccccc2c1C(Br)c1ccc(Cl)cc1Cl. The molecule has 1 atom stereocenters. The molecule has 0 bridgehead atoms. The van der Waals surface area contributed by atoms with Crippen LogP contribution in [-0.4, -0.2) is 0 Å². The molecule has 0 spiro atoms. The summed E-state index contributed by atoms with van der Waals surface area (Å²) in [6.07, 6.45) is 0. The zero-order valence-corrected chi connectivity index (χ0v) is 14.5. The predicted molar refractivity (Wildman–Crippen MR) is 95.9 cm³/mol. The Balaban J connectivity index is 2.21. The van der Waals surface area contributed by atoms with Crippen molar-refractivity contribution in [2.75, 3.05) is 0 Å². The van der Waals surface area contributed by atoms with E-state index in [1.807, 2.05) is 12.1 Å². The largest absolute Gasteiger partial charge is 0.0843 e. The summed E-state index contributed by atoms with van der Waals surface area (Å²) in [5.41, 5.74) is 3.51. The van der Waals surface area contributed by atoms with Gasteiger partial charge in [0.1, 0.15) is 0 Å². The second-order valence-corrected chi connectivity index (χ2v) is 6.80. The van der Waals surface area contributed by atoms with Crippen LogP contribution in [0.25, 0.3) is 10.8 Å². The summed E-state index contributed by atoms with van der Waals surface area (Å²) in [5.74, 6) is 0. The van der Waals surface area contributed by atoms with E-state index in [9.17, 15) is 0 Å². The maximum absolute atomic E-state index is 6.36. The molecule has 0 aliphatic heterocycles. The monoisotopic (exact) mass is 378 g/mol. The van der Waals surface area contributed by atoms with E-state index in [1.54, 1.807) is 6.07 Å². The van der Waals surface area contributed by atoms with E-state index in [-0.39, 0.29) is 4.83 Å². The molecule has 1 unspecified atom stereocenters. The van der Waals surface area contributed by atoms with Crippen LogP contribution in [0.2, 0.25) is 10.0 Å². The first-order chi connectivity index (χ1) is 10.1. The summed E-state index contributed by atoms with van der Waals surface area (Å²) in [6, 6.07) is 18.3. The molecule has 0 radical (unpaired) electrons. The van der Waals surface area contributed by atoms with E-state index in [1.165, 1.54) is 21.9 Å². The predicted octanol–water partition coefficient (Wildman–Crippen LogP) is 6.94. The lowest BCUT2D eigenvalue weighted by Crippen LogP contribution is -1.98. The molecule has 106 valence electrons. The average molecular weight is 380 g/mol. The van der Waals surface area contributed by atoms with Crippen molar-refractivity contribution in [1.82, 2.24) is 0 Å². The van der Waals surface area contributed by atoms with Crippen LogP contribution in [0.15, 0.2) is 54.6 Å². The molecule has 0 N–H and O–H groups in total. The van der Waals surface area contributed by atoms with Crippen molar-refractivity contribution in [2.24, 2.45) is 0 Å². The van der Waals surface area contributed by atoms with Gasteiger partial charge in [-0.25, -0.2) is 0 Å². The number of rotatable bonds is 2. The Morgan fingerprint density at radius 2 is 1.71 bits per heavy atom. The van der Waals surface area contributed by atoms with Gasteiger partial charge in [-0.2, -0.15) is 0 Å². The normalized spacial score (nSPS) is 12.6. The lowest BCUT2D eigenvalue weighted by molar-refractivity contribution is 1.16. The third kappa shape index (κ3) is 2.83. The van der Waals surface area contributed by atoms with Crippen LogP contribution in [0.5, 0.6) is 0 Å². The molecule has 0 aliphatic carbocycles. The van der Waals surface area contributed by atoms with Crippen molar-refractivity contribution < 1.29 is 0 Å². The van der Waals surface area contributed by atoms with E-state index < -0.39 is 0 Å². The average Bonchev–Trinajstić information content (AvgIpc) is 2.46. The first-order valence-corrected chi connectivity index (χ1v) is 8.32. The van der Waals surface area contributed by atoms with Crippen LogP contribution in [0.4, 0.5) is 0 Å². The third-order valence-electron chi connectivity index (χ3n) is 3.68. The van der Waals surface area contributed by atoms with Gasteiger partial charge in [0.2, 0.25) is 0 Å². The smallest absolute Gasteiger partial charge is 0.0667 e. The molecule has 0 fully saturated rings. The summed E-state index contributed by atoms with van der Waals surface area (Å²) in [4.78, 5) is 0.0355. The Bertz CT molecular complexity index is 811. The van der Waals surface area contributed by atoms with Crippen molar-refractivity contribution in [3.63, 3.8) is 0 Å². The van der Waals surface area contributed by atoms with Crippen LogP contribution in [0.1, 0.15) is 21.5 Å². The Hall–Kier alpha value is -1.02. The van der Waals surface area contributed by atoms with Gasteiger partial charge in [0.25, 0.3) is 0 Å². The fraction of sp³-hybridized carbons (Fsp3) is 0.111. The molecule has 3 aromatic carbocycles. The highest BCUT2D eigenvalue weighted by molar-refractivity contribution is 9.09. The molecule has 0 aliphatic rings. The van der Waals surface area contributed by atoms with E-state index >= 15 is 0 Å². The first-order valence-electron chi connectivity index (χ1n) is 6.65. The number of aryl methyl sites for hydroxylation is 1. The van der Waals surface area contributed by atoms with Crippen molar-refractivity contribution in [1.29, 1.82) is 0 Å². The Morgan fingerprint density at radius 1 is 0.952 bits per heavy atom. The van der Waals surface area contributed by atoms with Gasteiger partial charge in [0.05, 0.1) is 4.83 Å². The van der Waals surface area contributed by atoms with Crippen molar-refractivity contribution in [2.45, 2.75) is 11.8 Å². The van der Waals surface area contributed by atoms with E-state index in [2.05, 4.69) is 59.3 Å². The highest BCUT2D eigenvalue weighted by atomic mass is 79.9. The minimum atomic E-state index is 0.0355.